The second-order valence-electron chi connectivity index (χ2n) is 5.24. The number of hydrogen-bond donors (Lipinski definition) is 1. The van der Waals surface area contributed by atoms with Gasteiger partial charge >= 0.3 is 0 Å². The van der Waals surface area contributed by atoms with Crippen molar-refractivity contribution in [1.29, 1.82) is 0 Å². The molecule has 1 aliphatic rings. The molecule has 0 amide bonds. The zero-order valence-corrected chi connectivity index (χ0v) is 12.8. The van der Waals surface area contributed by atoms with E-state index < -0.39 is 0 Å². The summed E-state index contributed by atoms with van der Waals surface area (Å²) in [5.74, 6) is 2.18. The maximum Gasteiger partial charge on any atom is 0.247 e. The first-order chi connectivity index (χ1) is 10.9. The fraction of sp³-hybridized carbons (Fsp3) is 0.438. The van der Waals surface area contributed by atoms with Crippen LogP contribution in [0.2, 0.25) is 0 Å². The molecule has 116 valence electrons. The Kier molecular flexibility index (Phi) is 4.68. The first-order valence-corrected chi connectivity index (χ1v) is 7.80. The van der Waals surface area contributed by atoms with Crippen molar-refractivity contribution in [3.8, 4) is 5.75 Å². The van der Waals surface area contributed by atoms with Crippen molar-refractivity contribution in [1.82, 2.24) is 15.2 Å². The van der Waals surface area contributed by atoms with Crippen molar-refractivity contribution in [2.75, 3.05) is 29.9 Å². The lowest BCUT2D eigenvalue weighted by Gasteiger charge is -2.26. The van der Waals surface area contributed by atoms with Crippen LogP contribution in [0.25, 0.3) is 0 Å². The molecule has 1 N–H and O–H groups in total. The molecule has 1 saturated heterocycles. The van der Waals surface area contributed by atoms with Gasteiger partial charge in [-0.15, -0.1) is 5.10 Å². The highest BCUT2D eigenvalue weighted by atomic mass is 16.5. The van der Waals surface area contributed by atoms with Crippen LogP contribution in [-0.4, -0.2) is 34.9 Å². The second-order valence-corrected chi connectivity index (χ2v) is 5.24. The summed E-state index contributed by atoms with van der Waals surface area (Å²) in [7, 11) is 0. The monoisotopic (exact) mass is 299 g/mol. The lowest BCUT2D eigenvalue weighted by Crippen LogP contribution is -2.31. The summed E-state index contributed by atoms with van der Waals surface area (Å²) in [4.78, 5) is 6.77. The predicted octanol–water partition coefficient (Wildman–Crippen LogP) is 3.00. The smallest absolute Gasteiger partial charge is 0.247 e. The topological polar surface area (TPSA) is 63.2 Å². The predicted molar refractivity (Wildman–Crippen MR) is 86.8 cm³/mol. The Morgan fingerprint density at radius 3 is 2.82 bits per heavy atom. The molecule has 0 spiro atoms. The van der Waals surface area contributed by atoms with Crippen molar-refractivity contribution in [3.63, 3.8) is 0 Å². The van der Waals surface area contributed by atoms with E-state index >= 15 is 0 Å². The van der Waals surface area contributed by atoms with Gasteiger partial charge < -0.3 is 15.0 Å². The number of nitrogens with zero attached hydrogens (tertiary/aromatic N) is 4. The van der Waals surface area contributed by atoms with Crippen LogP contribution in [0.15, 0.2) is 30.5 Å². The molecule has 3 rings (SSSR count). The van der Waals surface area contributed by atoms with E-state index in [1.54, 1.807) is 6.20 Å². The van der Waals surface area contributed by atoms with Gasteiger partial charge in [-0.25, -0.2) is 0 Å². The molecule has 2 aromatic rings. The molecule has 0 bridgehead atoms. The summed E-state index contributed by atoms with van der Waals surface area (Å²) in [6.07, 6.45) is 5.29. The molecule has 6 heteroatoms. The van der Waals surface area contributed by atoms with E-state index in [1.165, 1.54) is 19.3 Å². The minimum absolute atomic E-state index is 0.625. The van der Waals surface area contributed by atoms with Crippen molar-refractivity contribution in [2.24, 2.45) is 0 Å². The lowest BCUT2D eigenvalue weighted by atomic mass is 10.1. The number of nitrogens with one attached hydrogen (secondary N) is 1. The number of para-hydroxylation sites is 2. The Labute approximate surface area is 130 Å². The maximum atomic E-state index is 5.62. The number of hydrogen-bond acceptors (Lipinski definition) is 6. The van der Waals surface area contributed by atoms with E-state index in [0.29, 0.717) is 18.4 Å². The molecular formula is C16H21N5O. The summed E-state index contributed by atoms with van der Waals surface area (Å²) in [6, 6.07) is 7.82. The summed E-state index contributed by atoms with van der Waals surface area (Å²) in [5, 5.41) is 11.5. The van der Waals surface area contributed by atoms with Gasteiger partial charge in [0.25, 0.3) is 0 Å². The first kappa shape index (κ1) is 14.6. The average Bonchev–Trinajstić information content (AvgIpc) is 2.58. The van der Waals surface area contributed by atoms with Crippen LogP contribution in [0.4, 0.5) is 17.5 Å². The van der Waals surface area contributed by atoms with Gasteiger partial charge in [-0.1, -0.05) is 12.1 Å². The maximum absolute atomic E-state index is 5.62. The zero-order chi connectivity index (χ0) is 15.2. The van der Waals surface area contributed by atoms with Crippen LogP contribution in [0.5, 0.6) is 5.75 Å². The number of anilines is 3. The van der Waals surface area contributed by atoms with Crippen molar-refractivity contribution in [3.05, 3.63) is 30.5 Å². The van der Waals surface area contributed by atoms with Gasteiger partial charge in [0.05, 0.1) is 18.5 Å². The Morgan fingerprint density at radius 2 is 2.00 bits per heavy atom. The molecule has 22 heavy (non-hydrogen) atoms. The number of benzene rings is 1. The molecule has 1 fully saturated rings. The van der Waals surface area contributed by atoms with Gasteiger partial charge in [0.1, 0.15) is 5.75 Å². The Morgan fingerprint density at radius 1 is 1.18 bits per heavy atom. The van der Waals surface area contributed by atoms with E-state index in [1.807, 2.05) is 31.2 Å². The number of aromatic nitrogens is 3. The van der Waals surface area contributed by atoms with Gasteiger partial charge in [0, 0.05) is 13.1 Å². The molecule has 1 aliphatic heterocycles. The highest BCUT2D eigenvalue weighted by Gasteiger charge is 2.14. The Balaban J connectivity index is 1.78. The van der Waals surface area contributed by atoms with Gasteiger partial charge in [0.2, 0.25) is 5.95 Å². The van der Waals surface area contributed by atoms with Gasteiger partial charge in [-0.3, -0.25) is 0 Å². The molecular weight excluding hydrogens is 278 g/mol. The highest BCUT2D eigenvalue weighted by Crippen LogP contribution is 2.27. The van der Waals surface area contributed by atoms with E-state index in [2.05, 4.69) is 25.4 Å². The molecule has 1 aromatic heterocycles. The number of rotatable bonds is 5. The molecule has 0 radical (unpaired) electrons. The summed E-state index contributed by atoms with van der Waals surface area (Å²) in [6.45, 7) is 4.60. The SMILES string of the molecule is CCOc1ccccc1Nc1cnnc(N2CCCCC2)n1. The average molecular weight is 299 g/mol. The lowest BCUT2D eigenvalue weighted by molar-refractivity contribution is 0.342. The normalized spacial score (nSPS) is 14.7. The third-order valence-corrected chi connectivity index (χ3v) is 3.64. The van der Waals surface area contributed by atoms with Crippen LogP contribution in [-0.2, 0) is 0 Å². The molecule has 6 nitrogen and oxygen atoms in total. The van der Waals surface area contributed by atoms with Crippen LogP contribution in [0, 0.1) is 0 Å². The van der Waals surface area contributed by atoms with Crippen molar-refractivity contribution in [2.45, 2.75) is 26.2 Å². The van der Waals surface area contributed by atoms with Crippen molar-refractivity contribution >= 4 is 17.5 Å². The van der Waals surface area contributed by atoms with E-state index in [0.717, 1.165) is 24.5 Å². The molecule has 0 unspecified atom stereocenters. The number of ether oxygens (including phenoxy) is 1. The Hall–Kier alpha value is -2.37. The standard InChI is InChI=1S/C16H21N5O/c1-2-22-14-9-5-4-8-13(14)18-15-12-17-20-16(19-15)21-10-6-3-7-11-21/h4-5,8-9,12H,2-3,6-7,10-11H2,1H3,(H,18,19,20). The minimum Gasteiger partial charge on any atom is -0.492 e. The molecule has 0 aliphatic carbocycles. The van der Waals surface area contributed by atoms with Crippen LogP contribution in [0.1, 0.15) is 26.2 Å². The number of piperidine rings is 1. The zero-order valence-electron chi connectivity index (χ0n) is 12.8. The van der Waals surface area contributed by atoms with Gasteiger partial charge in [0.15, 0.2) is 5.82 Å². The minimum atomic E-state index is 0.625. The third-order valence-electron chi connectivity index (χ3n) is 3.64. The van der Waals surface area contributed by atoms with E-state index in [4.69, 9.17) is 4.74 Å². The third kappa shape index (κ3) is 3.44. The quantitative estimate of drug-likeness (QED) is 0.915. The van der Waals surface area contributed by atoms with Crippen molar-refractivity contribution < 1.29 is 4.74 Å². The second kappa shape index (κ2) is 7.06. The molecule has 2 heterocycles. The van der Waals surface area contributed by atoms with Crippen LogP contribution in [0.3, 0.4) is 0 Å². The molecule has 0 atom stereocenters. The fourth-order valence-corrected chi connectivity index (χ4v) is 2.57. The summed E-state index contributed by atoms with van der Waals surface area (Å²) < 4.78 is 5.62. The van der Waals surface area contributed by atoms with E-state index in [9.17, 15) is 0 Å². The van der Waals surface area contributed by atoms with Gasteiger partial charge in [-0.2, -0.15) is 10.1 Å². The summed E-state index contributed by atoms with van der Waals surface area (Å²) in [5.41, 5.74) is 0.884. The largest absolute Gasteiger partial charge is 0.492 e. The highest BCUT2D eigenvalue weighted by molar-refractivity contribution is 5.64. The van der Waals surface area contributed by atoms with Gasteiger partial charge in [-0.05, 0) is 38.3 Å². The van der Waals surface area contributed by atoms with E-state index in [-0.39, 0.29) is 0 Å². The first-order valence-electron chi connectivity index (χ1n) is 7.80. The Bertz CT molecular complexity index is 613. The van der Waals surface area contributed by atoms with Crippen LogP contribution >= 0.6 is 0 Å². The summed E-state index contributed by atoms with van der Waals surface area (Å²) >= 11 is 0. The molecule has 0 saturated carbocycles. The molecule has 1 aromatic carbocycles. The fourth-order valence-electron chi connectivity index (χ4n) is 2.57. The van der Waals surface area contributed by atoms with Crippen LogP contribution < -0.4 is 15.0 Å².